The largest absolute Gasteiger partial charge is 0.481 e. The van der Waals surface area contributed by atoms with Gasteiger partial charge in [-0.25, -0.2) is 8.42 Å². The lowest BCUT2D eigenvalue weighted by Crippen LogP contribution is -2.30. The van der Waals surface area contributed by atoms with Gasteiger partial charge in [0.15, 0.2) is 0 Å². The van der Waals surface area contributed by atoms with E-state index in [1.54, 1.807) is 18.2 Å². The summed E-state index contributed by atoms with van der Waals surface area (Å²) in [6.07, 6.45) is 0.904. The summed E-state index contributed by atoms with van der Waals surface area (Å²) >= 11 is 0.906. The van der Waals surface area contributed by atoms with E-state index in [-0.39, 0.29) is 16.2 Å². The van der Waals surface area contributed by atoms with Crippen molar-refractivity contribution in [3.63, 3.8) is 0 Å². The molecule has 8 nitrogen and oxygen atoms in total. The van der Waals surface area contributed by atoms with Crippen molar-refractivity contribution in [3.05, 3.63) is 42.4 Å². The van der Waals surface area contributed by atoms with Gasteiger partial charge in [0.1, 0.15) is 21.7 Å². The molecule has 3 aromatic rings. The number of carboxylic acid groups (broad SMARTS) is 1. The quantitative estimate of drug-likeness (QED) is 0.692. The lowest BCUT2D eigenvalue weighted by atomic mass is 10.2. The Morgan fingerprint density at radius 2 is 2.13 bits per heavy atom. The monoisotopic (exact) mass is 353 g/mol. The summed E-state index contributed by atoms with van der Waals surface area (Å²) < 4.78 is 40.7. The predicted octanol–water partition coefficient (Wildman–Crippen LogP) is 1.78. The minimum atomic E-state index is -4.00. The van der Waals surface area contributed by atoms with Gasteiger partial charge in [0, 0.05) is 0 Å². The Kier molecular flexibility index (Phi) is 4.11. The van der Waals surface area contributed by atoms with Crippen molar-refractivity contribution < 1.29 is 22.7 Å². The van der Waals surface area contributed by atoms with Crippen LogP contribution in [0.25, 0.3) is 11.0 Å². The Morgan fingerprint density at radius 1 is 1.30 bits per heavy atom. The van der Waals surface area contributed by atoms with Gasteiger partial charge in [0.25, 0.3) is 0 Å². The molecule has 0 bridgehead atoms. The summed E-state index contributed by atoms with van der Waals surface area (Å²) in [4.78, 5) is 11.0. The molecule has 0 aliphatic carbocycles. The second kappa shape index (κ2) is 6.07. The number of fused-ring (bicyclic) bond motifs is 1. The maximum Gasteiger partial charge on any atom is 0.305 e. The lowest BCUT2D eigenvalue weighted by molar-refractivity contribution is -0.137. The first kappa shape index (κ1) is 15.6. The summed E-state index contributed by atoms with van der Waals surface area (Å²) in [5.41, 5.74) is 0.712. The minimum Gasteiger partial charge on any atom is -0.481 e. The molecule has 0 radical (unpaired) electrons. The average Bonchev–Trinajstić information content (AvgIpc) is 3.16. The van der Waals surface area contributed by atoms with Gasteiger partial charge in [-0.2, -0.15) is 13.5 Å². The molecular weight excluding hydrogens is 342 g/mol. The summed E-state index contributed by atoms with van der Waals surface area (Å²) in [5, 5.41) is 8.99. The van der Waals surface area contributed by atoms with Crippen LogP contribution in [0.4, 0.5) is 0 Å². The van der Waals surface area contributed by atoms with Gasteiger partial charge in [-0.3, -0.25) is 4.79 Å². The lowest BCUT2D eigenvalue weighted by Gasteiger charge is -2.15. The second-order valence-corrected chi connectivity index (χ2v) is 6.89. The molecule has 2 heterocycles. The van der Waals surface area contributed by atoms with E-state index in [9.17, 15) is 13.2 Å². The number of hydrogen-bond donors (Lipinski definition) is 2. The van der Waals surface area contributed by atoms with E-state index in [1.807, 2.05) is 0 Å². The fourth-order valence-electron chi connectivity index (χ4n) is 2.11. The molecule has 0 saturated heterocycles. The molecule has 0 amide bonds. The molecule has 2 aromatic heterocycles. The molecule has 1 aromatic carbocycles. The number of aliphatic carboxylic acids is 1. The van der Waals surface area contributed by atoms with E-state index in [0.717, 1.165) is 11.7 Å². The predicted molar refractivity (Wildman–Crippen MR) is 81.4 cm³/mol. The number of nitrogens with one attached hydrogen (secondary N) is 1. The highest BCUT2D eigenvalue weighted by Crippen LogP contribution is 2.25. The summed E-state index contributed by atoms with van der Waals surface area (Å²) in [7, 11) is -4.00. The van der Waals surface area contributed by atoms with E-state index in [0.29, 0.717) is 5.52 Å². The molecule has 1 atom stereocenters. The van der Waals surface area contributed by atoms with Gasteiger partial charge in [-0.05, 0) is 24.3 Å². The molecule has 1 unspecified atom stereocenters. The molecule has 120 valence electrons. The molecule has 0 aliphatic heterocycles. The van der Waals surface area contributed by atoms with Crippen LogP contribution in [-0.2, 0) is 14.8 Å². The van der Waals surface area contributed by atoms with Crippen molar-refractivity contribution in [2.24, 2.45) is 0 Å². The van der Waals surface area contributed by atoms with Crippen LogP contribution in [0.5, 0.6) is 0 Å². The highest BCUT2D eigenvalue weighted by atomic mass is 32.2. The third-order valence-electron chi connectivity index (χ3n) is 3.10. The number of sulfonamides is 1. The Balaban J connectivity index is 1.98. The first-order chi connectivity index (χ1) is 11.0. The smallest absolute Gasteiger partial charge is 0.305 e. The van der Waals surface area contributed by atoms with Crippen molar-refractivity contribution >= 4 is 38.8 Å². The van der Waals surface area contributed by atoms with Crippen LogP contribution in [-0.4, -0.2) is 28.2 Å². The second-order valence-electron chi connectivity index (χ2n) is 4.68. The van der Waals surface area contributed by atoms with E-state index in [2.05, 4.69) is 13.5 Å². The van der Waals surface area contributed by atoms with Crippen LogP contribution in [0.3, 0.4) is 0 Å². The number of nitrogens with zero attached hydrogens (tertiary/aromatic N) is 2. The Bertz CT molecular complexity index is 934. The molecule has 2 N–H and O–H groups in total. The van der Waals surface area contributed by atoms with Gasteiger partial charge < -0.3 is 9.52 Å². The van der Waals surface area contributed by atoms with Gasteiger partial charge in [-0.1, -0.05) is 6.07 Å². The number of carboxylic acids is 1. The molecule has 0 fully saturated rings. The number of furan rings is 1. The SMILES string of the molecule is O=C(O)CC(NS(=O)(=O)c1cccc2nsnc12)c1ccco1. The maximum atomic E-state index is 12.6. The van der Waals surface area contributed by atoms with Crippen LogP contribution in [0.15, 0.2) is 45.9 Å². The molecule has 23 heavy (non-hydrogen) atoms. The normalized spacial score (nSPS) is 13.2. The molecular formula is C13H11N3O5S2. The van der Waals surface area contributed by atoms with Crippen LogP contribution in [0, 0.1) is 0 Å². The Hall–Kier alpha value is -2.30. The number of benzene rings is 1. The zero-order chi connectivity index (χ0) is 16.4. The zero-order valence-electron chi connectivity index (χ0n) is 11.5. The van der Waals surface area contributed by atoms with E-state index in [1.165, 1.54) is 18.4 Å². The number of carbonyl (C=O) groups is 1. The molecule has 0 saturated carbocycles. The first-order valence-electron chi connectivity index (χ1n) is 6.46. The van der Waals surface area contributed by atoms with Crippen molar-refractivity contribution in [3.8, 4) is 0 Å². The van der Waals surface area contributed by atoms with Crippen LogP contribution < -0.4 is 4.72 Å². The summed E-state index contributed by atoms with van der Waals surface area (Å²) in [5.74, 6) is -0.929. The Labute approximate surface area is 135 Å². The number of hydrogen-bond acceptors (Lipinski definition) is 7. The highest BCUT2D eigenvalue weighted by molar-refractivity contribution is 7.89. The van der Waals surface area contributed by atoms with E-state index >= 15 is 0 Å². The van der Waals surface area contributed by atoms with Crippen molar-refractivity contribution in [2.75, 3.05) is 0 Å². The fraction of sp³-hybridized carbons (Fsp3) is 0.154. The van der Waals surface area contributed by atoms with Gasteiger partial charge in [0.05, 0.1) is 30.5 Å². The van der Waals surface area contributed by atoms with Crippen LogP contribution >= 0.6 is 11.7 Å². The number of aromatic nitrogens is 2. The van der Waals surface area contributed by atoms with Crippen LogP contribution in [0.2, 0.25) is 0 Å². The number of rotatable bonds is 6. The summed E-state index contributed by atoms with van der Waals surface area (Å²) in [6.45, 7) is 0. The highest BCUT2D eigenvalue weighted by Gasteiger charge is 2.27. The molecule has 3 rings (SSSR count). The van der Waals surface area contributed by atoms with Crippen molar-refractivity contribution in [1.29, 1.82) is 0 Å². The molecule has 10 heteroatoms. The van der Waals surface area contributed by atoms with E-state index < -0.39 is 28.5 Å². The fourth-order valence-corrected chi connectivity index (χ4v) is 4.08. The van der Waals surface area contributed by atoms with Gasteiger partial charge in [-0.15, -0.1) is 0 Å². The van der Waals surface area contributed by atoms with E-state index in [4.69, 9.17) is 9.52 Å². The Morgan fingerprint density at radius 3 is 2.83 bits per heavy atom. The third-order valence-corrected chi connectivity index (χ3v) is 5.15. The van der Waals surface area contributed by atoms with Crippen LogP contribution in [0.1, 0.15) is 18.2 Å². The summed E-state index contributed by atoms with van der Waals surface area (Å²) in [6, 6.07) is 6.65. The van der Waals surface area contributed by atoms with Gasteiger partial charge >= 0.3 is 5.97 Å². The maximum absolute atomic E-state index is 12.6. The average molecular weight is 353 g/mol. The van der Waals surface area contributed by atoms with Crippen molar-refractivity contribution in [2.45, 2.75) is 17.4 Å². The molecule has 0 aliphatic rings. The minimum absolute atomic E-state index is 0.0503. The van der Waals surface area contributed by atoms with Crippen molar-refractivity contribution in [1.82, 2.24) is 13.5 Å². The van der Waals surface area contributed by atoms with Gasteiger partial charge in [0.2, 0.25) is 10.0 Å². The topological polar surface area (TPSA) is 122 Å². The standard InChI is InChI=1S/C13H11N3O5S2/c17-12(18)7-9(10-4-2-6-21-10)16-23(19,20)11-5-1-3-8-13(11)15-22-14-8/h1-6,9,16H,7H2,(H,17,18). The third kappa shape index (κ3) is 3.23. The first-order valence-corrected chi connectivity index (χ1v) is 8.67. The molecule has 0 spiro atoms. The zero-order valence-corrected chi connectivity index (χ0v) is 13.2.